The van der Waals surface area contributed by atoms with E-state index in [9.17, 15) is 9.59 Å². The van der Waals surface area contributed by atoms with E-state index in [-0.39, 0.29) is 25.3 Å². The second kappa shape index (κ2) is 13.4. The van der Waals surface area contributed by atoms with Crippen LogP contribution in [0.4, 0.5) is 4.79 Å². The van der Waals surface area contributed by atoms with E-state index in [1.54, 1.807) is 13.8 Å². The van der Waals surface area contributed by atoms with Crippen molar-refractivity contribution in [1.29, 1.82) is 0 Å². The van der Waals surface area contributed by atoms with Crippen LogP contribution < -0.4 is 5.32 Å². The van der Waals surface area contributed by atoms with E-state index in [0.29, 0.717) is 32.1 Å². The van der Waals surface area contributed by atoms with Crippen LogP contribution in [-0.2, 0) is 28.5 Å². The standard InChI is InChI=1S/C18H31NO6.C2H4O2/c1-18(2,25-15(20)8-9-16-22-10-11-23-16)13-24-17(21)19-12-14-6-4-3-5-7-14;1-2(3)4/h14,16H,3-13H2,1-2H3,(H,19,21);1H3,(H,3,4). The van der Waals surface area contributed by atoms with Gasteiger partial charge < -0.3 is 29.4 Å². The molecule has 168 valence electrons. The molecule has 0 unspecified atom stereocenters. The van der Waals surface area contributed by atoms with E-state index in [4.69, 9.17) is 28.8 Å². The van der Waals surface area contributed by atoms with Crippen molar-refractivity contribution in [2.75, 3.05) is 26.4 Å². The van der Waals surface area contributed by atoms with Crippen LogP contribution in [0.5, 0.6) is 0 Å². The van der Waals surface area contributed by atoms with Crippen LogP contribution in [0.15, 0.2) is 0 Å². The first-order valence-corrected chi connectivity index (χ1v) is 10.2. The highest BCUT2D eigenvalue weighted by Crippen LogP contribution is 2.22. The molecule has 9 nitrogen and oxygen atoms in total. The number of carbonyl (C=O) groups excluding carboxylic acids is 2. The predicted molar refractivity (Wildman–Crippen MR) is 104 cm³/mol. The van der Waals surface area contributed by atoms with Crippen LogP contribution in [0.25, 0.3) is 0 Å². The maximum atomic E-state index is 11.9. The third-order valence-electron chi connectivity index (χ3n) is 4.48. The zero-order chi connectivity index (χ0) is 21.7. The summed E-state index contributed by atoms with van der Waals surface area (Å²) in [6, 6.07) is 0. The molecule has 2 N–H and O–H groups in total. The number of carbonyl (C=O) groups is 3. The van der Waals surface area contributed by atoms with Crippen molar-refractivity contribution < 1.29 is 38.4 Å². The Morgan fingerprint density at radius 2 is 1.69 bits per heavy atom. The number of nitrogens with one attached hydrogen (secondary N) is 1. The zero-order valence-corrected chi connectivity index (χ0v) is 17.7. The number of hydrogen-bond donors (Lipinski definition) is 2. The molecule has 9 heteroatoms. The number of amides is 1. The first-order chi connectivity index (χ1) is 13.7. The lowest BCUT2D eigenvalue weighted by Gasteiger charge is -2.25. The van der Waals surface area contributed by atoms with Gasteiger partial charge in [-0.1, -0.05) is 19.3 Å². The maximum absolute atomic E-state index is 11.9. The number of carboxylic acids is 1. The van der Waals surface area contributed by atoms with Crippen molar-refractivity contribution >= 4 is 18.0 Å². The van der Waals surface area contributed by atoms with Crippen molar-refractivity contribution in [2.24, 2.45) is 5.92 Å². The van der Waals surface area contributed by atoms with E-state index in [0.717, 1.165) is 19.8 Å². The Balaban J connectivity index is 0.000000960. The Kier molecular flexibility index (Phi) is 11.6. The van der Waals surface area contributed by atoms with Gasteiger partial charge in [0, 0.05) is 19.9 Å². The van der Waals surface area contributed by atoms with Crippen molar-refractivity contribution in [3.05, 3.63) is 0 Å². The molecule has 1 aliphatic heterocycles. The molecule has 0 aromatic heterocycles. The van der Waals surface area contributed by atoms with Gasteiger partial charge in [-0.2, -0.15) is 0 Å². The molecule has 0 bridgehead atoms. The van der Waals surface area contributed by atoms with Gasteiger partial charge in [-0.15, -0.1) is 0 Å². The molecule has 1 aliphatic carbocycles. The van der Waals surface area contributed by atoms with Crippen molar-refractivity contribution in [3.8, 4) is 0 Å². The second-order valence-corrected chi connectivity index (χ2v) is 7.92. The minimum Gasteiger partial charge on any atom is -0.481 e. The summed E-state index contributed by atoms with van der Waals surface area (Å²) in [7, 11) is 0. The topological polar surface area (TPSA) is 120 Å². The van der Waals surface area contributed by atoms with Crippen LogP contribution in [0.1, 0.15) is 65.7 Å². The van der Waals surface area contributed by atoms with Crippen LogP contribution in [0.3, 0.4) is 0 Å². The molecule has 1 amide bonds. The van der Waals surface area contributed by atoms with E-state index >= 15 is 0 Å². The summed E-state index contributed by atoms with van der Waals surface area (Å²) in [6.07, 6.45) is 6.00. The average molecular weight is 417 g/mol. The van der Waals surface area contributed by atoms with Gasteiger partial charge in [-0.3, -0.25) is 9.59 Å². The van der Waals surface area contributed by atoms with Crippen LogP contribution in [-0.4, -0.2) is 61.4 Å². The third-order valence-corrected chi connectivity index (χ3v) is 4.48. The van der Waals surface area contributed by atoms with Crippen LogP contribution >= 0.6 is 0 Å². The highest BCUT2D eigenvalue weighted by atomic mass is 16.7. The molecule has 29 heavy (non-hydrogen) atoms. The van der Waals surface area contributed by atoms with Gasteiger partial charge in [0.05, 0.1) is 19.6 Å². The Hall–Kier alpha value is -1.87. The molecule has 0 aromatic carbocycles. The first-order valence-electron chi connectivity index (χ1n) is 10.2. The molecule has 0 atom stereocenters. The fraction of sp³-hybridized carbons (Fsp3) is 0.850. The van der Waals surface area contributed by atoms with Crippen molar-refractivity contribution in [3.63, 3.8) is 0 Å². The van der Waals surface area contributed by atoms with Gasteiger partial charge in [0.1, 0.15) is 12.2 Å². The molecular formula is C20H35NO8. The summed E-state index contributed by atoms with van der Waals surface area (Å²) in [4.78, 5) is 32.7. The Morgan fingerprint density at radius 3 is 2.28 bits per heavy atom. The summed E-state index contributed by atoms with van der Waals surface area (Å²) in [6.45, 7) is 6.33. The maximum Gasteiger partial charge on any atom is 0.407 e. The number of hydrogen-bond acceptors (Lipinski definition) is 7. The lowest BCUT2D eigenvalue weighted by Crippen LogP contribution is -2.38. The largest absolute Gasteiger partial charge is 0.481 e. The fourth-order valence-electron chi connectivity index (χ4n) is 3.11. The van der Waals surface area contributed by atoms with Gasteiger partial charge >= 0.3 is 12.1 Å². The molecule has 2 fully saturated rings. The molecular weight excluding hydrogens is 382 g/mol. The molecule has 1 heterocycles. The molecule has 0 radical (unpaired) electrons. The highest BCUT2D eigenvalue weighted by molar-refractivity contribution is 5.70. The number of alkyl carbamates (subject to hydrolysis) is 1. The summed E-state index contributed by atoms with van der Waals surface area (Å²) in [5.41, 5.74) is -0.864. The minimum atomic E-state index is -0.864. The minimum absolute atomic E-state index is 0.0195. The smallest absolute Gasteiger partial charge is 0.407 e. The van der Waals surface area contributed by atoms with E-state index in [1.807, 2.05) is 0 Å². The molecule has 2 rings (SSSR count). The van der Waals surface area contributed by atoms with Gasteiger partial charge in [0.2, 0.25) is 0 Å². The molecule has 2 aliphatic rings. The average Bonchev–Trinajstić information content (AvgIpc) is 3.17. The summed E-state index contributed by atoms with van der Waals surface area (Å²) >= 11 is 0. The number of rotatable bonds is 8. The number of aliphatic carboxylic acids is 1. The SMILES string of the molecule is CC(=O)O.CC(C)(COC(=O)NCC1CCCCC1)OC(=O)CCC1OCCO1. The van der Waals surface area contributed by atoms with Crippen molar-refractivity contribution in [2.45, 2.75) is 77.6 Å². The fourth-order valence-corrected chi connectivity index (χ4v) is 3.11. The first kappa shape index (κ1) is 25.2. The van der Waals surface area contributed by atoms with E-state index in [2.05, 4.69) is 5.32 Å². The molecule has 1 saturated carbocycles. The van der Waals surface area contributed by atoms with Crippen LogP contribution in [0, 0.1) is 5.92 Å². The molecule has 1 saturated heterocycles. The molecule has 0 spiro atoms. The quantitative estimate of drug-likeness (QED) is 0.579. The predicted octanol–water partition coefficient (Wildman–Crippen LogP) is 2.86. The van der Waals surface area contributed by atoms with Gasteiger partial charge in [0.25, 0.3) is 5.97 Å². The van der Waals surface area contributed by atoms with Gasteiger partial charge in [-0.05, 0) is 32.6 Å². The lowest BCUT2D eigenvalue weighted by molar-refractivity contribution is -0.162. The second-order valence-electron chi connectivity index (χ2n) is 7.92. The van der Waals surface area contributed by atoms with Gasteiger partial charge in [0.15, 0.2) is 6.29 Å². The Bertz CT molecular complexity index is 507. The normalized spacial score (nSPS) is 17.8. The monoisotopic (exact) mass is 417 g/mol. The summed E-state index contributed by atoms with van der Waals surface area (Å²) in [5.74, 6) is -0.637. The number of ether oxygens (including phenoxy) is 4. The van der Waals surface area contributed by atoms with Gasteiger partial charge in [-0.25, -0.2) is 4.79 Å². The highest BCUT2D eigenvalue weighted by Gasteiger charge is 2.26. The van der Waals surface area contributed by atoms with Crippen molar-refractivity contribution in [1.82, 2.24) is 5.32 Å². The summed E-state index contributed by atoms with van der Waals surface area (Å²) in [5, 5.41) is 10.2. The summed E-state index contributed by atoms with van der Waals surface area (Å²) < 4.78 is 21.2. The third kappa shape index (κ3) is 13.1. The Morgan fingerprint density at radius 1 is 1.10 bits per heavy atom. The number of carboxylic acid groups (broad SMARTS) is 1. The van der Waals surface area contributed by atoms with E-state index < -0.39 is 17.7 Å². The lowest BCUT2D eigenvalue weighted by atomic mass is 9.89. The number of esters is 1. The molecule has 0 aromatic rings. The van der Waals surface area contributed by atoms with Crippen LogP contribution in [0.2, 0.25) is 0 Å². The zero-order valence-electron chi connectivity index (χ0n) is 17.7. The van der Waals surface area contributed by atoms with E-state index in [1.165, 1.54) is 19.3 Å². The Labute approximate surface area is 172 Å².